The van der Waals surface area contributed by atoms with Crippen LogP contribution in [0.4, 0.5) is 4.39 Å². The SMILES string of the molecule is O=C(CC1CC1)N1CCc2[nH]cnc2[C@H]1c1cc2c(F)cccc2o1. The summed E-state index contributed by atoms with van der Waals surface area (Å²) in [6, 6.07) is 6.09. The number of rotatable bonds is 3. The summed E-state index contributed by atoms with van der Waals surface area (Å²) >= 11 is 0. The van der Waals surface area contributed by atoms with Crippen molar-refractivity contribution in [3.05, 3.63) is 53.6 Å². The molecule has 25 heavy (non-hydrogen) atoms. The van der Waals surface area contributed by atoms with Crippen molar-refractivity contribution >= 4 is 16.9 Å². The number of carbonyl (C=O) groups excluding carboxylic acids is 1. The number of hydrogen-bond acceptors (Lipinski definition) is 3. The van der Waals surface area contributed by atoms with E-state index < -0.39 is 6.04 Å². The first kappa shape index (κ1) is 14.7. The van der Waals surface area contributed by atoms with E-state index >= 15 is 0 Å². The maximum atomic E-state index is 14.1. The lowest BCUT2D eigenvalue weighted by molar-refractivity contribution is -0.134. The van der Waals surface area contributed by atoms with E-state index in [9.17, 15) is 9.18 Å². The second-order valence-electron chi connectivity index (χ2n) is 6.95. The Balaban J connectivity index is 1.60. The highest BCUT2D eigenvalue weighted by Gasteiger charge is 2.38. The Labute approximate surface area is 143 Å². The quantitative estimate of drug-likeness (QED) is 0.793. The summed E-state index contributed by atoms with van der Waals surface area (Å²) in [5.41, 5.74) is 2.31. The first-order valence-electron chi connectivity index (χ1n) is 8.70. The molecule has 128 valence electrons. The van der Waals surface area contributed by atoms with Crippen molar-refractivity contribution in [1.29, 1.82) is 0 Å². The molecule has 0 bridgehead atoms. The highest BCUT2D eigenvalue weighted by atomic mass is 19.1. The lowest BCUT2D eigenvalue weighted by Crippen LogP contribution is -2.40. The molecule has 1 saturated carbocycles. The Morgan fingerprint density at radius 2 is 2.28 bits per heavy atom. The Morgan fingerprint density at radius 3 is 3.08 bits per heavy atom. The van der Waals surface area contributed by atoms with Gasteiger partial charge in [0.2, 0.25) is 5.91 Å². The fourth-order valence-corrected chi connectivity index (χ4v) is 3.70. The summed E-state index contributed by atoms with van der Waals surface area (Å²) in [5.74, 6) is 0.891. The van der Waals surface area contributed by atoms with Gasteiger partial charge < -0.3 is 14.3 Å². The van der Waals surface area contributed by atoms with E-state index in [0.717, 1.165) is 30.7 Å². The van der Waals surface area contributed by atoms with Crippen molar-refractivity contribution in [2.75, 3.05) is 6.54 Å². The number of hydrogen-bond donors (Lipinski definition) is 1. The molecule has 0 saturated heterocycles. The second-order valence-corrected chi connectivity index (χ2v) is 6.95. The number of carbonyl (C=O) groups is 1. The predicted octanol–water partition coefficient (Wildman–Crippen LogP) is 3.57. The summed E-state index contributed by atoms with van der Waals surface area (Å²) in [7, 11) is 0. The number of nitrogens with zero attached hydrogens (tertiary/aromatic N) is 2. The average molecular weight is 339 g/mol. The zero-order valence-corrected chi connectivity index (χ0v) is 13.7. The lowest BCUT2D eigenvalue weighted by atomic mass is 9.99. The zero-order chi connectivity index (χ0) is 17.0. The van der Waals surface area contributed by atoms with E-state index in [4.69, 9.17) is 4.42 Å². The topological polar surface area (TPSA) is 62.1 Å². The van der Waals surface area contributed by atoms with Crippen LogP contribution in [0.5, 0.6) is 0 Å². The van der Waals surface area contributed by atoms with Crippen molar-refractivity contribution < 1.29 is 13.6 Å². The minimum absolute atomic E-state index is 0.127. The standard InChI is InChI=1S/C19H18FN3O2/c20-13-2-1-3-15-12(13)9-16(25-15)19-18-14(21-10-22-18)6-7-23(19)17(24)8-11-4-5-11/h1-3,9-11,19H,4-8H2,(H,21,22)/t19-/m1/s1. The van der Waals surface area contributed by atoms with Crippen molar-refractivity contribution in [3.8, 4) is 0 Å². The van der Waals surface area contributed by atoms with Crippen LogP contribution in [0.1, 0.15) is 42.5 Å². The van der Waals surface area contributed by atoms with Crippen LogP contribution in [0.2, 0.25) is 0 Å². The number of H-pyrrole nitrogens is 1. The number of benzene rings is 1. The average Bonchev–Trinajstić information content (AvgIpc) is 3.11. The molecule has 1 aliphatic carbocycles. The van der Waals surface area contributed by atoms with E-state index in [1.165, 1.54) is 6.07 Å². The third kappa shape index (κ3) is 2.44. The van der Waals surface area contributed by atoms with Crippen LogP contribution < -0.4 is 0 Å². The van der Waals surface area contributed by atoms with Crippen LogP contribution in [0.25, 0.3) is 11.0 Å². The summed E-state index contributed by atoms with van der Waals surface area (Å²) in [6.07, 6.45) is 5.24. The largest absolute Gasteiger partial charge is 0.458 e. The Morgan fingerprint density at radius 1 is 1.40 bits per heavy atom. The van der Waals surface area contributed by atoms with Crippen LogP contribution >= 0.6 is 0 Å². The molecular formula is C19H18FN3O2. The van der Waals surface area contributed by atoms with Crippen molar-refractivity contribution in [2.45, 2.75) is 31.7 Å². The molecule has 0 radical (unpaired) electrons. The van der Waals surface area contributed by atoms with E-state index in [0.29, 0.717) is 35.6 Å². The first-order valence-corrected chi connectivity index (χ1v) is 8.70. The second kappa shape index (κ2) is 5.44. The number of furan rings is 1. The van der Waals surface area contributed by atoms with Gasteiger partial charge in [-0.3, -0.25) is 4.79 Å². The van der Waals surface area contributed by atoms with Crippen LogP contribution in [0.15, 0.2) is 35.0 Å². The molecule has 2 aliphatic rings. The number of aromatic nitrogens is 2. The molecule has 1 amide bonds. The summed E-state index contributed by atoms with van der Waals surface area (Å²) in [5, 5.41) is 0.440. The first-order chi connectivity index (χ1) is 12.2. The van der Waals surface area contributed by atoms with Crippen LogP contribution in [-0.2, 0) is 11.2 Å². The summed E-state index contributed by atoms with van der Waals surface area (Å²) in [4.78, 5) is 22.2. The number of imidazole rings is 1. The smallest absolute Gasteiger partial charge is 0.223 e. The molecule has 1 aromatic carbocycles. The molecule has 6 heteroatoms. The predicted molar refractivity (Wildman–Crippen MR) is 89.4 cm³/mol. The lowest BCUT2D eigenvalue weighted by Gasteiger charge is -2.33. The number of fused-ring (bicyclic) bond motifs is 2. The number of halogens is 1. The Kier molecular flexibility index (Phi) is 3.20. The molecule has 5 rings (SSSR count). The normalized spacial score (nSPS) is 20.0. The molecule has 5 nitrogen and oxygen atoms in total. The highest BCUT2D eigenvalue weighted by molar-refractivity contribution is 5.80. The maximum Gasteiger partial charge on any atom is 0.223 e. The van der Waals surface area contributed by atoms with E-state index in [-0.39, 0.29) is 11.7 Å². The molecule has 1 fully saturated rings. The van der Waals surface area contributed by atoms with Crippen LogP contribution in [0, 0.1) is 11.7 Å². The number of amides is 1. The van der Waals surface area contributed by atoms with Gasteiger partial charge in [0.25, 0.3) is 0 Å². The molecule has 0 spiro atoms. The molecule has 1 N–H and O–H groups in total. The number of nitrogens with one attached hydrogen (secondary N) is 1. The van der Waals surface area contributed by atoms with Crippen molar-refractivity contribution in [3.63, 3.8) is 0 Å². The van der Waals surface area contributed by atoms with Gasteiger partial charge in [0.05, 0.1) is 17.4 Å². The molecular weight excluding hydrogens is 321 g/mol. The van der Waals surface area contributed by atoms with Crippen LogP contribution in [0.3, 0.4) is 0 Å². The Hall–Kier alpha value is -2.63. The number of aromatic amines is 1. The van der Waals surface area contributed by atoms with E-state index in [1.54, 1.807) is 24.5 Å². The van der Waals surface area contributed by atoms with Gasteiger partial charge in [-0.25, -0.2) is 9.37 Å². The van der Waals surface area contributed by atoms with Gasteiger partial charge in [-0.15, -0.1) is 0 Å². The maximum absolute atomic E-state index is 14.1. The van der Waals surface area contributed by atoms with Gasteiger partial charge in [0, 0.05) is 25.1 Å². The third-order valence-electron chi connectivity index (χ3n) is 5.20. The van der Waals surface area contributed by atoms with E-state index in [1.807, 2.05) is 4.90 Å². The van der Waals surface area contributed by atoms with Crippen molar-refractivity contribution in [2.24, 2.45) is 5.92 Å². The van der Waals surface area contributed by atoms with Gasteiger partial charge in [-0.05, 0) is 37.0 Å². The third-order valence-corrected chi connectivity index (χ3v) is 5.20. The molecule has 0 unspecified atom stereocenters. The molecule has 3 heterocycles. The fraction of sp³-hybridized carbons (Fsp3) is 0.368. The van der Waals surface area contributed by atoms with Gasteiger partial charge >= 0.3 is 0 Å². The zero-order valence-electron chi connectivity index (χ0n) is 13.7. The molecule has 2 aromatic heterocycles. The monoisotopic (exact) mass is 339 g/mol. The van der Waals surface area contributed by atoms with Gasteiger partial charge in [-0.1, -0.05) is 6.07 Å². The summed E-state index contributed by atoms with van der Waals surface area (Å²) < 4.78 is 20.0. The van der Waals surface area contributed by atoms with Crippen LogP contribution in [-0.4, -0.2) is 27.3 Å². The minimum Gasteiger partial charge on any atom is -0.458 e. The molecule has 1 aliphatic heterocycles. The fourth-order valence-electron chi connectivity index (χ4n) is 3.70. The van der Waals surface area contributed by atoms with Crippen molar-refractivity contribution in [1.82, 2.24) is 14.9 Å². The molecule has 3 aromatic rings. The Bertz CT molecular complexity index is 957. The highest BCUT2D eigenvalue weighted by Crippen LogP contribution is 2.39. The van der Waals surface area contributed by atoms with Gasteiger partial charge in [0.1, 0.15) is 23.2 Å². The van der Waals surface area contributed by atoms with Gasteiger partial charge in [0.15, 0.2) is 0 Å². The van der Waals surface area contributed by atoms with Gasteiger partial charge in [-0.2, -0.15) is 0 Å². The summed E-state index contributed by atoms with van der Waals surface area (Å²) in [6.45, 7) is 0.616. The minimum atomic E-state index is -0.395. The molecule has 1 atom stereocenters. The van der Waals surface area contributed by atoms with E-state index in [2.05, 4.69) is 9.97 Å².